The number of halogens is 1. The molecule has 0 atom stereocenters. The lowest BCUT2D eigenvalue weighted by Gasteiger charge is -2.08. The average molecular weight is 429 g/mol. The molecule has 0 fully saturated rings. The maximum Gasteiger partial charge on any atom is 0.250 e. The van der Waals surface area contributed by atoms with E-state index >= 15 is 0 Å². The van der Waals surface area contributed by atoms with Gasteiger partial charge in [-0.05, 0) is 41.5 Å². The normalized spacial score (nSPS) is 11.3. The monoisotopic (exact) mass is 428 g/mol. The molecule has 7 nitrogen and oxygen atoms in total. The van der Waals surface area contributed by atoms with Gasteiger partial charge in [-0.1, -0.05) is 18.2 Å². The molecule has 5 rings (SSSR count). The highest BCUT2D eigenvalue weighted by Gasteiger charge is 2.13. The third kappa shape index (κ3) is 3.60. The highest BCUT2D eigenvalue weighted by molar-refractivity contribution is 6.17. The third-order valence-corrected chi connectivity index (χ3v) is 5.45. The Morgan fingerprint density at radius 3 is 2.74 bits per heavy atom. The number of nitrogens with zero attached hydrogens (tertiary/aromatic N) is 5. The van der Waals surface area contributed by atoms with Crippen molar-refractivity contribution in [3.63, 3.8) is 0 Å². The number of benzene rings is 2. The van der Waals surface area contributed by atoms with E-state index in [1.165, 1.54) is 0 Å². The summed E-state index contributed by atoms with van der Waals surface area (Å²) in [6.07, 6.45) is 5.88. The molecule has 2 N–H and O–H groups in total. The lowest BCUT2D eigenvalue weighted by atomic mass is 10.0. The zero-order valence-electron chi connectivity index (χ0n) is 16.4. The largest absolute Gasteiger partial charge is 0.366 e. The van der Waals surface area contributed by atoms with E-state index < -0.39 is 5.91 Å². The van der Waals surface area contributed by atoms with E-state index in [4.69, 9.17) is 22.4 Å². The molecule has 2 aromatic carbocycles. The smallest absolute Gasteiger partial charge is 0.250 e. The van der Waals surface area contributed by atoms with E-state index in [9.17, 15) is 4.79 Å². The zero-order valence-corrected chi connectivity index (χ0v) is 17.1. The molecule has 1 amide bonds. The summed E-state index contributed by atoms with van der Waals surface area (Å²) in [6.45, 7) is 0. The number of hydrogen-bond acceptors (Lipinski definition) is 5. The van der Waals surface area contributed by atoms with Crippen LogP contribution in [0.25, 0.3) is 27.9 Å². The minimum atomic E-state index is -0.508. The molecule has 152 valence electrons. The summed E-state index contributed by atoms with van der Waals surface area (Å²) in [5, 5.41) is 5.82. The van der Waals surface area contributed by atoms with Crippen LogP contribution >= 0.6 is 11.6 Å². The first-order valence-corrected chi connectivity index (χ1v) is 10.2. The fourth-order valence-corrected chi connectivity index (χ4v) is 3.84. The predicted octanol–water partition coefficient (Wildman–Crippen LogP) is 3.77. The van der Waals surface area contributed by atoms with Crippen molar-refractivity contribution >= 4 is 34.2 Å². The summed E-state index contributed by atoms with van der Waals surface area (Å²) in [5.41, 5.74) is 10.9. The minimum absolute atomic E-state index is 0.176. The van der Waals surface area contributed by atoms with Crippen molar-refractivity contribution in [2.45, 2.75) is 12.3 Å². The first-order valence-electron chi connectivity index (χ1n) is 9.65. The van der Waals surface area contributed by atoms with Gasteiger partial charge in [-0.15, -0.1) is 11.6 Å². The molecule has 0 saturated heterocycles. The lowest BCUT2D eigenvalue weighted by Crippen LogP contribution is -2.13. The SMILES string of the molecule is NC(=O)c1ccc(-c2cnc3ncc(Cc4ccc5ncccc5c4)n3n2)cc1CCl. The summed E-state index contributed by atoms with van der Waals surface area (Å²) in [7, 11) is 0. The van der Waals surface area contributed by atoms with Gasteiger partial charge in [0.15, 0.2) is 0 Å². The van der Waals surface area contributed by atoms with Crippen LogP contribution in [0, 0.1) is 0 Å². The van der Waals surface area contributed by atoms with Crippen LogP contribution in [0.2, 0.25) is 0 Å². The highest BCUT2D eigenvalue weighted by Crippen LogP contribution is 2.23. The Kier molecular flexibility index (Phi) is 4.80. The summed E-state index contributed by atoms with van der Waals surface area (Å²) in [4.78, 5) is 24.8. The van der Waals surface area contributed by atoms with Crippen LogP contribution < -0.4 is 5.73 Å². The van der Waals surface area contributed by atoms with Crippen LogP contribution in [-0.2, 0) is 12.3 Å². The minimum Gasteiger partial charge on any atom is -0.366 e. The zero-order chi connectivity index (χ0) is 21.4. The highest BCUT2D eigenvalue weighted by atomic mass is 35.5. The molecule has 0 aliphatic carbocycles. The maximum absolute atomic E-state index is 11.6. The van der Waals surface area contributed by atoms with Crippen LogP contribution in [0.3, 0.4) is 0 Å². The van der Waals surface area contributed by atoms with Crippen LogP contribution in [0.15, 0.2) is 67.1 Å². The topological polar surface area (TPSA) is 99.1 Å². The molecule has 0 spiro atoms. The van der Waals surface area contributed by atoms with Gasteiger partial charge in [0.2, 0.25) is 5.91 Å². The molecule has 3 heterocycles. The Morgan fingerprint density at radius 2 is 1.90 bits per heavy atom. The molecule has 0 aliphatic rings. The van der Waals surface area contributed by atoms with Gasteiger partial charge in [0.05, 0.1) is 23.6 Å². The van der Waals surface area contributed by atoms with Crippen molar-refractivity contribution in [2.75, 3.05) is 0 Å². The van der Waals surface area contributed by atoms with E-state index in [2.05, 4.69) is 27.1 Å². The second-order valence-corrected chi connectivity index (χ2v) is 7.45. The molecular formula is C23H17ClN6O. The van der Waals surface area contributed by atoms with Gasteiger partial charge in [0, 0.05) is 35.0 Å². The number of fused-ring (bicyclic) bond motifs is 2. The van der Waals surface area contributed by atoms with Gasteiger partial charge in [0.1, 0.15) is 5.69 Å². The van der Waals surface area contributed by atoms with Crippen molar-refractivity contribution in [3.05, 3.63) is 89.5 Å². The molecule has 0 bridgehead atoms. The summed E-state index contributed by atoms with van der Waals surface area (Å²) in [5.74, 6) is 0.188. The van der Waals surface area contributed by atoms with E-state index in [1.807, 2.05) is 24.3 Å². The van der Waals surface area contributed by atoms with Gasteiger partial charge >= 0.3 is 0 Å². The number of nitrogens with two attached hydrogens (primary N) is 1. The number of hydrogen-bond donors (Lipinski definition) is 1. The molecule has 5 aromatic rings. The van der Waals surface area contributed by atoms with Crippen molar-refractivity contribution in [1.29, 1.82) is 0 Å². The molecule has 0 radical (unpaired) electrons. The number of aromatic nitrogens is 5. The number of rotatable bonds is 5. The molecule has 0 saturated carbocycles. The fraction of sp³-hybridized carbons (Fsp3) is 0.0870. The van der Waals surface area contributed by atoms with Gasteiger partial charge in [-0.3, -0.25) is 9.78 Å². The fourth-order valence-electron chi connectivity index (χ4n) is 3.62. The summed E-state index contributed by atoms with van der Waals surface area (Å²) in [6, 6.07) is 15.4. The van der Waals surface area contributed by atoms with Crippen LogP contribution in [-0.4, -0.2) is 30.5 Å². The lowest BCUT2D eigenvalue weighted by molar-refractivity contribution is 0.0999. The predicted molar refractivity (Wildman–Crippen MR) is 119 cm³/mol. The summed E-state index contributed by atoms with van der Waals surface area (Å²) < 4.78 is 1.74. The van der Waals surface area contributed by atoms with Gasteiger partial charge in [-0.2, -0.15) is 5.10 Å². The average Bonchev–Trinajstić information content (AvgIpc) is 3.20. The number of carbonyl (C=O) groups excluding carboxylic acids is 1. The Morgan fingerprint density at radius 1 is 1.03 bits per heavy atom. The van der Waals surface area contributed by atoms with E-state index in [-0.39, 0.29) is 5.88 Å². The molecule has 0 aliphatic heterocycles. The van der Waals surface area contributed by atoms with Crippen LogP contribution in [0.1, 0.15) is 27.2 Å². The van der Waals surface area contributed by atoms with Crippen molar-refractivity contribution in [2.24, 2.45) is 5.73 Å². The van der Waals surface area contributed by atoms with Crippen molar-refractivity contribution in [3.8, 4) is 11.3 Å². The Labute approximate surface area is 182 Å². The number of carbonyl (C=O) groups is 1. The third-order valence-electron chi connectivity index (χ3n) is 5.16. The molecule has 31 heavy (non-hydrogen) atoms. The maximum atomic E-state index is 11.6. The number of primary amides is 1. The second-order valence-electron chi connectivity index (χ2n) is 7.18. The number of alkyl halides is 1. The van der Waals surface area contributed by atoms with Gasteiger partial charge in [-0.25, -0.2) is 14.5 Å². The van der Waals surface area contributed by atoms with Gasteiger partial charge < -0.3 is 5.73 Å². The van der Waals surface area contributed by atoms with Crippen LogP contribution in [0.4, 0.5) is 0 Å². The number of amides is 1. The second kappa shape index (κ2) is 7.77. The molecule has 0 unspecified atom stereocenters. The standard InChI is InChI=1S/C23H17ClN6O/c24-11-17-10-16(4-5-19(17)22(25)31)21-13-28-23-27-12-18(30(23)29-21)9-14-3-6-20-15(8-14)2-1-7-26-20/h1-8,10,12-13H,9,11H2,(H2,25,31). The molecule has 8 heteroatoms. The first-order chi connectivity index (χ1) is 15.1. The quantitative estimate of drug-likeness (QED) is 0.429. The molecular weight excluding hydrogens is 412 g/mol. The van der Waals surface area contributed by atoms with E-state index in [0.717, 1.165) is 27.7 Å². The van der Waals surface area contributed by atoms with E-state index in [1.54, 1.807) is 35.2 Å². The van der Waals surface area contributed by atoms with Crippen molar-refractivity contribution < 1.29 is 4.79 Å². The Bertz CT molecular complexity index is 1450. The number of imidazole rings is 1. The summed E-state index contributed by atoms with van der Waals surface area (Å²) >= 11 is 6.01. The van der Waals surface area contributed by atoms with Crippen LogP contribution in [0.5, 0.6) is 0 Å². The Hall–Kier alpha value is -3.84. The van der Waals surface area contributed by atoms with E-state index in [0.29, 0.717) is 29.0 Å². The number of pyridine rings is 1. The first kappa shape index (κ1) is 19.1. The molecule has 3 aromatic heterocycles. The van der Waals surface area contributed by atoms with Crippen molar-refractivity contribution in [1.82, 2.24) is 24.6 Å². The Balaban J connectivity index is 1.53. The van der Waals surface area contributed by atoms with Gasteiger partial charge in [0.25, 0.3) is 5.78 Å².